The van der Waals surface area contributed by atoms with Gasteiger partial charge in [0.1, 0.15) is 0 Å². The van der Waals surface area contributed by atoms with Gasteiger partial charge < -0.3 is 10.2 Å². The Balaban J connectivity index is 1.47. The summed E-state index contributed by atoms with van der Waals surface area (Å²) in [6.45, 7) is 1.93. The molecule has 0 aromatic carbocycles. The van der Waals surface area contributed by atoms with E-state index in [-0.39, 0.29) is 11.8 Å². The lowest BCUT2D eigenvalue weighted by atomic mass is 9.92. The molecule has 2 heterocycles. The number of carbonyl (C=O) groups excluding carboxylic acids is 1. The highest BCUT2D eigenvalue weighted by atomic mass is 16.1. The Labute approximate surface area is 126 Å². The topological polar surface area (TPSA) is 45.2 Å². The Bertz CT molecular complexity index is 448. The molecule has 1 aromatic rings. The second kappa shape index (κ2) is 6.92. The summed E-state index contributed by atoms with van der Waals surface area (Å²) >= 11 is 0. The van der Waals surface area contributed by atoms with Crippen molar-refractivity contribution in [2.24, 2.45) is 5.92 Å². The second-order valence-electron chi connectivity index (χ2n) is 6.31. The van der Waals surface area contributed by atoms with Crippen molar-refractivity contribution >= 4 is 11.6 Å². The standard InChI is InChI=1S/C17H25N3O/c21-17(19-15-4-2-1-3-5-15)14-8-12-20(13-9-14)16-6-10-18-11-7-16/h6-7,10-11,14-15H,1-5,8-9,12-13H2,(H,19,21). The van der Waals surface area contributed by atoms with E-state index in [2.05, 4.69) is 15.2 Å². The van der Waals surface area contributed by atoms with Crippen LogP contribution in [0.2, 0.25) is 0 Å². The zero-order valence-electron chi connectivity index (χ0n) is 12.6. The number of carbonyl (C=O) groups is 1. The van der Waals surface area contributed by atoms with Crippen LogP contribution >= 0.6 is 0 Å². The summed E-state index contributed by atoms with van der Waals surface area (Å²) in [7, 11) is 0. The van der Waals surface area contributed by atoms with Crippen LogP contribution in [0.1, 0.15) is 44.9 Å². The predicted molar refractivity (Wildman–Crippen MR) is 84.2 cm³/mol. The molecule has 1 saturated carbocycles. The normalized spacial score (nSPS) is 21.2. The van der Waals surface area contributed by atoms with Gasteiger partial charge in [0.25, 0.3) is 0 Å². The number of pyridine rings is 1. The van der Waals surface area contributed by atoms with Gasteiger partial charge in [0, 0.05) is 43.1 Å². The van der Waals surface area contributed by atoms with E-state index in [9.17, 15) is 4.79 Å². The molecule has 0 atom stereocenters. The fraction of sp³-hybridized carbons (Fsp3) is 0.647. The molecule has 0 bridgehead atoms. The average Bonchev–Trinajstić information content (AvgIpc) is 2.57. The van der Waals surface area contributed by atoms with Gasteiger partial charge in [-0.25, -0.2) is 0 Å². The number of aromatic nitrogens is 1. The summed E-state index contributed by atoms with van der Waals surface area (Å²) in [5, 5.41) is 3.28. The Morgan fingerprint density at radius 3 is 2.38 bits per heavy atom. The zero-order valence-corrected chi connectivity index (χ0v) is 12.6. The molecule has 2 aliphatic rings. The Hall–Kier alpha value is -1.58. The summed E-state index contributed by atoms with van der Waals surface area (Å²) in [5.41, 5.74) is 1.22. The number of anilines is 1. The molecule has 1 N–H and O–H groups in total. The van der Waals surface area contributed by atoms with Gasteiger partial charge in [0.05, 0.1) is 0 Å². The third-order valence-corrected chi connectivity index (χ3v) is 4.85. The average molecular weight is 287 g/mol. The first-order valence-electron chi connectivity index (χ1n) is 8.28. The van der Waals surface area contributed by atoms with Gasteiger partial charge >= 0.3 is 0 Å². The van der Waals surface area contributed by atoms with Crippen molar-refractivity contribution < 1.29 is 4.79 Å². The third kappa shape index (κ3) is 3.74. The van der Waals surface area contributed by atoms with Crippen molar-refractivity contribution in [3.8, 4) is 0 Å². The van der Waals surface area contributed by atoms with Gasteiger partial charge in [-0.2, -0.15) is 0 Å². The van der Waals surface area contributed by atoms with Gasteiger partial charge in [-0.15, -0.1) is 0 Å². The quantitative estimate of drug-likeness (QED) is 0.929. The molecule has 1 amide bonds. The number of nitrogens with one attached hydrogen (secondary N) is 1. The molecule has 1 saturated heterocycles. The van der Waals surface area contributed by atoms with E-state index in [1.54, 1.807) is 0 Å². The third-order valence-electron chi connectivity index (χ3n) is 4.85. The number of nitrogens with zero attached hydrogens (tertiary/aromatic N) is 2. The van der Waals surface area contributed by atoms with Crippen LogP contribution in [0.3, 0.4) is 0 Å². The van der Waals surface area contributed by atoms with Crippen molar-refractivity contribution in [3.05, 3.63) is 24.5 Å². The van der Waals surface area contributed by atoms with E-state index >= 15 is 0 Å². The van der Waals surface area contributed by atoms with Crippen molar-refractivity contribution in [2.75, 3.05) is 18.0 Å². The lowest BCUT2D eigenvalue weighted by molar-refractivity contribution is -0.126. The maximum Gasteiger partial charge on any atom is 0.223 e. The Morgan fingerprint density at radius 1 is 1.05 bits per heavy atom. The minimum absolute atomic E-state index is 0.199. The summed E-state index contributed by atoms with van der Waals surface area (Å²) in [6, 6.07) is 4.52. The van der Waals surface area contributed by atoms with E-state index in [0.717, 1.165) is 25.9 Å². The highest BCUT2D eigenvalue weighted by molar-refractivity contribution is 5.79. The fourth-order valence-corrected chi connectivity index (χ4v) is 3.52. The van der Waals surface area contributed by atoms with Crippen LogP contribution in [0.5, 0.6) is 0 Å². The fourth-order valence-electron chi connectivity index (χ4n) is 3.52. The molecular formula is C17H25N3O. The first-order chi connectivity index (χ1) is 10.3. The molecule has 114 valence electrons. The molecule has 0 radical (unpaired) electrons. The monoisotopic (exact) mass is 287 g/mol. The number of hydrogen-bond acceptors (Lipinski definition) is 3. The molecule has 21 heavy (non-hydrogen) atoms. The molecule has 1 aromatic heterocycles. The molecule has 2 fully saturated rings. The molecular weight excluding hydrogens is 262 g/mol. The van der Waals surface area contributed by atoms with Crippen LogP contribution in [-0.4, -0.2) is 30.0 Å². The van der Waals surface area contributed by atoms with Gasteiger partial charge in [0.2, 0.25) is 5.91 Å². The van der Waals surface area contributed by atoms with Crippen LogP contribution in [-0.2, 0) is 4.79 Å². The summed E-state index contributed by atoms with van der Waals surface area (Å²) in [6.07, 6.45) is 11.8. The number of piperidine rings is 1. The van der Waals surface area contributed by atoms with Crippen molar-refractivity contribution in [1.29, 1.82) is 0 Å². The molecule has 1 aliphatic carbocycles. The van der Waals surface area contributed by atoms with E-state index in [0.29, 0.717) is 6.04 Å². The lowest BCUT2D eigenvalue weighted by Gasteiger charge is -2.34. The van der Waals surface area contributed by atoms with E-state index in [4.69, 9.17) is 0 Å². The maximum absolute atomic E-state index is 12.4. The summed E-state index contributed by atoms with van der Waals surface area (Å²) in [4.78, 5) is 18.8. The van der Waals surface area contributed by atoms with Gasteiger partial charge in [-0.05, 0) is 37.8 Å². The van der Waals surface area contributed by atoms with E-state index in [1.807, 2.05) is 24.5 Å². The largest absolute Gasteiger partial charge is 0.371 e. The minimum atomic E-state index is 0.199. The molecule has 1 aliphatic heterocycles. The molecule has 0 unspecified atom stereocenters. The Morgan fingerprint density at radius 2 is 1.71 bits per heavy atom. The molecule has 0 spiro atoms. The summed E-state index contributed by atoms with van der Waals surface area (Å²) < 4.78 is 0. The number of amides is 1. The SMILES string of the molecule is O=C(NC1CCCCC1)C1CCN(c2ccncc2)CC1. The van der Waals surface area contributed by atoms with Crippen LogP contribution in [0, 0.1) is 5.92 Å². The van der Waals surface area contributed by atoms with Crippen LogP contribution < -0.4 is 10.2 Å². The van der Waals surface area contributed by atoms with E-state index in [1.165, 1.54) is 37.8 Å². The highest BCUT2D eigenvalue weighted by Gasteiger charge is 2.27. The van der Waals surface area contributed by atoms with E-state index < -0.39 is 0 Å². The van der Waals surface area contributed by atoms with Crippen LogP contribution in [0.25, 0.3) is 0 Å². The smallest absolute Gasteiger partial charge is 0.223 e. The second-order valence-corrected chi connectivity index (χ2v) is 6.31. The van der Waals surface area contributed by atoms with Crippen molar-refractivity contribution in [1.82, 2.24) is 10.3 Å². The van der Waals surface area contributed by atoms with Gasteiger partial charge in [-0.1, -0.05) is 19.3 Å². The Kier molecular flexibility index (Phi) is 4.73. The van der Waals surface area contributed by atoms with Crippen molar-refractivity contribution in [3.63, 3.8) is 0 Å². The minimum Gasteiger partial charge on any atom is -0.371 e. The van der Waals surface area contributed by atoms with Crippen molar-refractivity contribution in [2.45, 2.75) is 51.0 Å². The number of hydrogen-bond donors (Lipinski definition) is 1. The zero-order chi connectivity index (χ0) is 14.5. The summed E-state index contributed by atoms with van der Waals surface area (Å²) in [5.74, 6) is 0.487. The van der Waals surface area contributed by atoms with Gasteiger partial charge in [0.15, 0.2) is 0 Å². The predicted octanol–water partition coefficient (Wildman–Crippen LogP) is 2.75. The van der Waals surface area contributed by atoms with Crippen LogP contribution in [0.15, 0.2) is 24.5 Å². The molecule has 3 rings (SSSR count). The number of rotatable bonds is 3. The first kappa shape index (κ1) is 14.4. The lowest BCUT2D eigenvalue weighted by Crippen LogP contribution is -2.44. The maximum atomic E-state index is 12.4. The van der Waals surface area contributed by atoms with Gasteiger partial charge in [-0.3, -0.25) is 9.78 Å². The molecule has 4 heteroatoms. The van der Waals surface area contributed by atoms with Crippen LogP contribution in [0.4, 0.5) is 5.69 Å². The highest BCUT2D eigenvalue weighted by Crippen LogP contribution is 2.24. The molecule has 4 nitrogen and oxygen atoms in total. The first-order valence-corrected chi connectivity index (χ1v) is 8.28.